The molecule has 16 nitrogen and oxygen atoms in total. The number of methoxy groups -OCH3 is 1. The van der Waals surface area contributed by atoms with Crippen LogP contribution < -0.4 is 0 Å². The van der Waals surface area contributed by atoms with E-state index < -0.39 is 85.3 Å². The highest BCUT2D eigenvalue weighted by molar-refractivity contribution is 5.89. The Bertz CT molecular complexity index is 1680. The maximum absolute atomic E-state index is 13.3. The van der Waals surface area contributed by atoms with Gasteiger partial charge in [0, 0.05) is 64.7 Å². The molecule has 3 aliphatic heterocycles. The second kappa shape index (κ2) is 17.6. The molecule has 4 heterocycles. The van der Waals surface area contributed by atoms with Crippen LogP contribution in [0.3, 0.4) is 0 Å². The third-order valence-electron chi connectivity index (χ3n) is 9.28. The smallest absolute Gasteiger partial charge is 0.337 e. The van der Waals surface area contributed by atoms with Crippen LogP contribution in [0.1, 0.15) is 57.1 Å². The van der Waals surface area contributed by atoms with Crippen LogP contribution in [0.2, 0.25) is 0 Å². The minimum Gasteiger partial charge on any atom is -0.471 e. The Hall–Kier alpha value is -5.06. The SMILES string of the molecule is C=C[C@H]1[C@H](O[C@@H]2O[C@H](COC(C)=O)[C@@H](OC(C)=O)[C@H](OC(C)=O)[C@H]2OC(C)=O)OC=C(C(=O)OC)[C@H]1C[C@H]1c2nc[nH]c2CCN1Cc1ccccc1. The van der Waals surface area contributed by atoms with E-state index in [1.165, 1.54) is 20.3 Å². The number of carbonyl (C=O) groups excluding carboxylic acids is 5. The fourth-order valence-electron chi connectivity index (χ4n) is 7.06. The number of carbonyl (C=O) groups is 5. The van der Waals surface area contributed by atoms with Crippen molar-refractivity contribution < 1.29 is 61.9 Å². The van der Waals surface area contributed by atoms with Gasteiger partial charge in [-0.1, -0.05) is 36.4 Å². The van der Waals surface area contributed by atoms with Crippen molar-refractivity contribution in [2.75, 3.05) is 20.3 Å². The third kappa shape index (κ3) is 9.49. The van der Waals surface area contributed by atoms with Crippen molar-refractivity contribution in [2.45, 2.75) is 90.1 Å². The summed E-state index contributed by atoms with van der Waals surface area (Å²) in [7, 11) is 1.28. The minimum absolute atomic E-state index is 0.237. The lowest BCUT2D eigenvalue weighted by atomic mass is 9.78. The summed E-state index contributed by atoms with van der Waals surface area (Å²) in [6.45, 7) is 9.54. The molecule has 1 N–H and O–H groups in total. The predicted octanol–water partition coefficient (Wildman–Crippen LogP) is 2.83. The number of hydrogen-bond donors (Lipinski definition) is 1. The van der Waals surface area contributed by atoms with Crippen molar-refractivity contribution in [3.8, 4) is 0 Å². The average molecular weight is 740 g/mol. The van der Waals surface area contributed by atoms with E-state index in [1.807, 2.05) is 18.2 Å². The second-order valence-corrected chi connectivity index (χ2v) is 12.9. The van der Waals surface area contributed by atoms with E-state index in [4.69, 9.17) is 37.9 Å². The number of imidazole rings is 1. The summed E-state index contributed by atoms with van der Waals surface area (Å²) in [5, 5.41) is 0. The Morgan fingerprint density at radius 3 is 2.26 bits per heavy atom. The van der Waals surface area contributed by atoms with Crippen LogP contribution in [0, 0.1) is 11.8 Å². The monoisotopic (exact) mass is 739 g/mol. The van der Waals surface area contributed by atoms with E-state index in [0.29, 0.717) is 13.0 Å². The summed E-state index contributed by atoms with van der Waals surface area (Å²) in [5.74, 6) is -4.94. The number of ether oxygens (including phenoxy) is 8. The first-order chi connectivity index (χ1) is 25.4. The Kier molecular flexibility index (Phi) is 13.0. The normalized spacial score (nSPS) is 28.2. The predicted molar refractivity (Wildman–Crippen MR) is 182 cm³/mol. The van der Waals surface area contributed by atoms with E-state index in [0.717, 1.165) is 50.7 Å². The summed E-state index contributed by atoms with van der Waals surface area (Å²) in [5.41, 5.74) is 3.19. The average Bonchev–Trinajstić information content (AvgIpc) is 3.60. The molecule has 0 unspecified atom stereocenters. The molecule has 53 heavy (non-hydrogen) atoms. The van der Waals surface area contributed by atoms with Crippen LogP contribution in [-0.4, -0.2) is 102 Å². The highest BCUT2D eigenvalue weighted by Gasteiger charge is 2.54. The number of benzene rings is 1. The summed E-state index contributed by atoms with van der Waals surface area (Å²) in [4.78, 5) is 72.2. The number of rotatable bonds is 13. The molecule has 0 amide bonds. The quantitative estimate of drug-likeness (QED) is 0.179. The summed E-state index contributed by atoms with van der Waals surface area (Å²) < 4.78 is 45.6. The van der Waals surface area contributed by atoms with Gasteiger partial charge in [-0.3, -0.25) is 24.1 Å². The summed E-state index contributed by atoms with van der Waals surface area (Å²) in [6, 6.07) is 9.77. The molecule has 1 saturated heterocycles. The van der Waals surface area contributed by atoms with Crippen molar-refractivity contribution in [1.82, 2.24) is 14.9 Å². The van der Waals surface area contributed by atoms with Gasteiger partial charge < -0.3 is 42.9 Å². The van der Waals surface area contributed by atoms with Gasteiger partial charge in [0.25, 0.3) is 0 Å². The Morgan fingerprint density at radius 1 is 0.943 bits per heavy atom. The summed E-state index contributed by atoms with van der Waals surface area (Å²) >= 11 is 0. The molecule has 3 aliphatic rings. The molecule has 0 aliphatic carbocycles. The first kappa shape index (κ1) is 39.2. The van der Waals surface area contributed by atoms with Gasteiger partial charge >= 0.3 is 29.8 Å². The molecule has 1 fully saturated rings. The Morgan fingerprint density at radius 2 is 1.62 bits per heavy atom. The molecular weight excluding hydrogens is 694 g/mol. The van der Waals surface area contributed by atoms with E-state index in [9.17, 15) is 24.0 Å². The molecule has 5 rings (SSSR count). The third-order valence-corrected chi connectivity index (χ3v) is 9.28. The first-order valence-corrected chi connectivity index (χ1v) is 17.2. The molecule has 16 heteroatoms. The zero-order chi connectivity index (χ0) is 38.2. The van der Waals surface area contributed by atoms with Gasteiger partial charge in [0.15, 0.2) is 18.3 Å². The number of aromatic nitrogens is 2. The molecule has 0 bridgehead atoms. The number of fused-ring (bicyclic) bond motifs is 1. The van der Waals surface area contributed by atoms with Crippen molar-refractivity contribution in [3.05, 3.63) is 78.1 Å². The largest absolute Gasteiger partial charge is 0.471 e. The number of aromatic amines is 1. The van der Waals surface area contributed by atoms with Crippen molar-refractivity contribution in [1.29, 1.82) is 0 Å². The molecule has 286 valence electrons. The van der Waals surface area contributed by atoms with Crippen LogP contribution in [0.25, 0.3) is 0 Å². The van der Waals surface area contributed by atoms with Crippen LogP contribution in [0.5, 0.6) is 0 Å². The Labute approximate surface area is 306 Å². The van der Waals surface area contributed by atoms with E-state index in [2.05, 4.69) is 33.6 Å². The van der Waals surface area contributed by atoms with Crippen molar-refractivity contribution in [3.63, 3.8) is 0 Å². The fraction of sp³-hybridized carbons (Fsp3) is 0.514. The van der Waals surface area contributed by atoms with Gasteiger partial charge in [0.2, 0.25) is 12.6 Å². The highest BCUT2D eigenvalue weighted by atomic mass is 16.8. The molecule has 0 radical (unpaired) electrons. The zero-order valence-electron chi connectivity index (χ0n) is 30.3. The van der Waals surface area contributed by atoms with E-state index in [1.54, 1.807) is 12.4 Å². The van der Waals surface area contributed by atoms with Gasteiger partial charge in [-0.05, 0) is 12.0 Å². The number of nitrogens with one attached hydrogen (secondary N) is 1. The first-order valence-electron chi connectivity index (χ1n) is 17.2. The highest BCUT2D eigenvalue weighted by Crippen LogP contribution is 2.43. The number of nitrogens with zero attached hydrogens (tertiary/aromatic N) is 2. The fourth-order valence-corrected chi connectivity index (χ4v) is 7.06. The van der Waals surface area contributed by atoms with Gasteiger partial charge in [-0.15, -0.1) is 6.58 Å². The van der Waals surface area contributed by atoms with E-state index in [-0.39, 0.29) is 11.6 Å². The zero-order valence-corrected chi connectivity index (χ0v) is 30.3. The van der Waals surface area contributed by atoms with Gasteiger partial charge in [-0.2, -0.15) is 0 Å². The van der Waals surface area contributed by atoms with Gasteiger partial charge in [0.05, 0.1) is 37.0 Å². The van der Waals surface area contributed by atoms with Crippen molar-refractivity contribution >= 4 is 29.8 Å². The molecular formula is C37H45N3O13. The van der Waals surface area contributed by atoms with Crippen LogP contribution >= 0.6 is 0 Å². The summed E-state index contributed by atoms with van der Waals surface area (Å²) in [6.07, 6.45) is -2.65. The standard InChI is InChI=1S/C37H45N3O13/c1-7-25-26(15-29-31-28(38-19-39-31)13-14-40(29)16-24-11-9-8-10-12-24)27(35(45)46-6)17-48-36(25)53-37-34(51-23(5)44)33(50-22(4)43)32(49-21(3)42)30(52-37)18-47-20(2)41/h7-12,17,19,25-26,29-30,32-34,36-37H,1,13-16,18H2,2-6H3,(H,38,39)/t25-,26+,29+,30-,32-,33+,34-,36+,37+/m1/s1. The topological polar surface area (TPSA) is 191 Å². The molecule has 0 saturated carbocycles. The molecule has 0 spiro atoms. The van der Waals surface area contributed by atoms with Crippen LogP contribution in [0.15, 0.2) is 61.1 Å². The molecule has 1 aromatic carbocycles. The van der Waals surface area contributed by atoms with Gasteiger partial charge in [0.1, 0.15) is 12.7 Å². The maximum Gasteiger partial charge on any atom is 0.337 e. The number of esters is 5. The molecule has 2 aromatic rings. The lowest BCUT2D eigenvalue weighted by Gasteiger charge is -2.46. The lowest BCUT2D eigenvalue weighted by Crippen LogP contribution is -2.63. The van der Waals surface area contributed by atoms with Crippen LogP contribution in [0.4, 0.5) is 0 Å². The van der Waals surface area contributed by atoms with Crippen molar-refractivity contribution in [2.24, 2.45) is 11.8 Å². The maximum atomic E-state index is 13.3. The molecule has 1 aromatic heterocycles. The number of hydrogen-bond acceptors (Lipinski definition) is 15. The van der Waals surface area contributed by atoms with Gasteiger partial charge in [-0.25, -0.2) is 9.78 Å². The lowest BCUT2D eigenvalue weighted by molar-refractivity contribution is -0.342. The molecule has 9 atom stereocenters. The number of H-pyrrole nitrogens is 1. The second-order valence-electron chi connectivity index (χ2n) is 12.9. The Balaban J connectivity index is 1.50. The van der Waals surface area contributed by atoms with Crippen LogP contribution in [-0.2, 0) is 74.8 Å². The van der Waals surface area contributed by atoms with E-state index >= 15 is 0 Å². The minimum atomic E-state index is -1.53.